The molecule has 0 heteroatoms. The van der Waals surface area contributed by atoms with Gasteiger partial charge in [0.2, 0.25) is 0 Å². The number of hydrogen-bond donors (Lipinski definition) is 0. The molecule has 0 nitrogen and oxygen atoms in total. The van der Waals surface area contributed by atoms with Crippen LogP contribution in [0.1, 0.15) is 31.9 Å². The van der Waals surface area contributed by atoms with E-state index in [0.717, 1.165) is 11.1 Å². The predicted octanol–water partition coefficient (Wildman–Crippen LogP) is 7.64. The minimum atomic E-state index is 1.03. The number of aryl methyl sites for hydroxylation is 1. The van der Waals surface area contributed by atoms with Gasteiger partial charge in [0.1, 0.15) is 0 Å². The van der Waals surface area contributed by atoms with Crippen LogP contribution in [0.25, 0.3) is 16.7 Å². The second-order valence-corrected chi connectivity index (χ2v) is 5.10. The average molecular weight is 319 g/mol. The molecule has 0 aliphatic rings. The standard InChI is InChI=1S/C20H20.C2H6.C2H4/c1-5-17(11-15(2)3)19-12-16(4)13-20(14-19)18-9-7-6-8-10-18;2*1-2/h5-14H,1-2H2,3-4H3;1-2H3;1-2H2/b17-11+;;. The summed E-state index contributed by atoms with van der Waals surface area (Å²) in [7, 11) is 0. The van der Waals surface area contributed by atoms with Crippen molar-refractivity contribution in [3.8, 4) is 11.1 Å². The zero-order chi connectivity index (χ0) is 18.5. The first-order valence-electron chi connectivity index (χ1n) is 8.27. The topological polar surface area (TPSA) is 0 Å². The molecular weight excluding hydrogens is 288 g/mol. The van der Waals surface area contributed by atoms with Crippen molar-refractivity contribution in [3.05, 3.63) is 104 Å². The number of allylic oxidation sites excluding steroid dienone is 4. The van der Waals surface area contributed by atoms with E-state index in [9.17, 15) is 0 Å². The van der Waals surface area contributed by atoms with E-state index in [4.69, 9.17) is 0 Å². The highest BCUT2D eigenvalue weighted by Crippen LogP contribution is 2.26. The van der Waals surface area contributed by atoms with Crippen LogP contribution in [-0.4, -0.2) is 0 Å². The summed E-state index contributed by atoms with van der Waals surface area (Å²) < 4.78 is 0. The molecule has 0 bridgehead atoms. The second kappa shape index (κ2) is 11.9. The first-order valence-corrected chi connectivity index (χ1v) is 8.27. The normalized spacial score (nSPS) is 9.75. The average Bonchev–Trinajstić information content (AvgIpc) is 2.63. The van der Waals surface area contributed by atoms with Crippen LogP contribution < -0.4 is 0 Å². The molecule has 0 aromatic heterocycles. The van der Waals surface area contributed by atoms with Crippen LogP contribution >= 0.6 is 0 Å². The second-order valence-electron chi connectivity index (χ2n) is 5.10. The van der Waals surface area contributed by atoms with Crippen molar-refractivity contribution in [3.63, 3.8) is 0 Å². The van der Waals surface area contributed by atoms with Gasteiger partial charge in [-0.1, -0.05) is 87.2 Å². The van der Waals surface area contributed by atoms with E-state index in [2.05, 4.69) is 81.8 Å². The van der Waals surface area contributed by atoms with Crippen molar-refractivity contribution in [1.29, 1.82) is 0 Å². The van der Waals surface area contributed by atoms with E-state index in [-0.39, 0.29) is 0 Å². The summed E-state index contributed by atoms with van der Waals surface area (Å²) in [6, 6.07) is 17.0. The molecule has 0 unspecified atom stereocenters. The molecule has 0 spiro atoms. The minimum absolute atomic E-state index is 1.03. The fraction of sp³-hybridized carbons (Fsp3) is 0.167. The lowest BCUT2D eigenvalue weighted by Gasteiger charge is -2.09. The van der Waals surface area contributed by atoms with Crippen LogP contribution in [0.15, 0.2) is 92.6 Å². The molecule has 2 aromatic rings. The molecule has 126 valence electrons. The molecular formula is C24H30. The van der Waals surface area contributed by atoms with Crippen LogP contribution in [0.5, 0.6) is 0 Å². The van der Waals surface area contributed by atoms with E-state index < -0.39 is 0 Å². The molecule has 24 heavy (non-hydrogen) atoms. The molecule has 0 atom stereocenters. The Hall–Kier alpha value is -2.60. The van der Waals surface area contributed by atoms with Gasteiger partial charge in [-0.05, 0) is 47.7 Å². The Morgan fingerprint density at radius 2 is 1.50 bits per heavy atom. The molecule has 0 N–H and O–H groups in total. The van der Waals surface area contributed by atoms with Gasteiger partial charge in [-0.2, -0.15) is 0 Å². The van der Waals surface area contributed by atoms with Crippen molar-refractivity contribution >= 4 is 5.57 Å². The lowest BCUT2D eigenvalue weighted by molar-refractivity contribution is 1.44. The highest BCUT2D eigenvalue weighted by molar-refractivity contribution is 5.79. The summed E-state index contributed by atoms with van der Waals surface area (Å²) in [6.07, 6.45) is 3.95. The number of benzene rings is 2. The van der Waals surface area contributed by atoms with E-state index in [1.54, 1.807) is 0 Å². The number of hydrogen-bond acceptors (Lipinski definition) is 0. The fourth-order valence-corrected chi connectivity index (χ4v) is 2.27. The third-order valence-electron chi connectivity index (χ3n) is 3.14. The molecule has 0 aliphatic carbocycles. The summed E-state index contributed by atoms with van der Waals surface area (Å²) in [5.41, 5.74) is 7.03. The van der Waals surface area contributed by atoms with Crippen LogP contribution in [0, 0.1) is 6.92 Å². The Morgan fingerprint density at radius 3 is 2.00 bits per heavy atom. The largest absolute Gasteiger partial charge is 0.106 e. The summed E-state index contributed by atoms with van der Waals surface area (Å²) in [5, 5.41) is 0. The molecule has 0 radical (unpaired) electrons. The summed E-state index contributed by atoms with van der Waals surface area (Å²) in [5.74, 6) is 0. The molecule has 0 saturated heterocycles. The van der Waals surface area contributed by atoms with E-state index >= 15 is 0 Å². The SMILES string of the molecule is C=C.C=C/C(=C\C(=C)C)c1cc(C)cc(-c2ccccc2)c1.CC. The van der Waals surface area contributed by atoms with Gasteiger partial charge in [0.15, 0.2) is 0 Å². The highest BCUT2D eigenvalue weighted by atomic mass is 14.1. The Balaban J connectivity index is 0.00000123. The van der Waals surface area contributed by atoms with Crippen molar-refractivity contribution in [1.82, 2.24) is 0 Å². The maximum Gasteiger partial charge on any atom is -0.0175 e. The fourth-order valence-electron chi connectivity index (χ4n) is 2.27. The highest BCUT2D eigenvalue weighted by Gasteiger charge is 2.03. The summed E-state index contributed by atoms with van der Waals surface area (Å²) in [6.45, 7) is 22.0. The van der Waals surface area contributed by atoms with Gasteiger partial charge in [-0.25, -0.2) is 0 Å². The van der Waals surface area contributed by atoms with E-state index in [1.807, 2.05) is 32.9 Å². The quantitative estimate of drug-likeness (QED) is 0.401. The molecule has 0 amide bonds. The van der Waals surface area contributed by atoms with Gasteiger partial charge in [0, 0.05) is 0 Å². The molecule has 0 fully saturated rings. The summed E-state index contributed by atoms with van der Waals surface area (Å²) in [4.78, 5) is 0. The molecule has 2 aromatic carbocycles. The first kappa shape index (κ1) is 21.4. The van der Waals surface area contributed by atoms with Crippen molar-refractivity contribution in [2.24, 2.45) is 0 Å². The minimum Gasteiger partial charge on any atom is -0.106 e. The van der Waals surface area contributed by atoms with Crippen molar-refractivity contribution in [2.45, 2.75) is 27.7 Å². The van der Waals surface area contributed by atoms with Gasteiger partial charge in [-0.3, -0.25) is 0 Å². The van der Waals surface area contributed by atoms with Crippen LogP contribution in [-0.2, 0) is 0 Å². The Bertz CT molecular complexity index is 672. The van der Waals surface area contributed by atoms with E-state index in [0.29, 0.717) is 0 Å². The predicted molar refractivity (Wildman–Crippen MR) is 112 cm³/mol. The van der Waals surface area contributed by atoms with Crippen LogP contribution in [0.4, 0.5) is 0 Å². The Kier molecular flexibility index (Phi) is 10.6. The Labute approximate surface area is 148 Å². The zero-order valence-corrected chi connectivity index (χ0v) is 15.6. The van der Waals surface area contributed by atoms with Gasteiger partial charge < -0.3 is 0 Å². The molecule has 0 heterocycles. The van der Waals surface area contributed by atoms with Gasteiger partial charge in [-0.15, -0.1) is 13.2 Å². The summed E-state index contributed by atoms with van der Waals surface area (Å²) >= 11 is 0. The van der Waals surface area contributed by atoms with Crippen molar-refractivity contribution < 1.29 is 0 Å². The molecule has 0 saturated carbocycles. The lowest BCUT2D eigenvalue weighted by atomic mass is 9.95. The molecule has 0 aliphatic heterocycles. The third kappa shape index (κ3) is 6.66. The van der Waals surface area contributed by atoms with Gasteiger partial charge in [0.05, 0.1) is 0 Å². The van der Waals surface area contributed by atoms with E-state index in [1.165, 1.54) is 22.3 Å². The van der Waals surface area contributed by atoms with Gasteiger partial charge in [0.25, 0.3) is 0 Å². The third-order valence-corrected chi connectivity index (χ3v) is 3.14. The first-order chi connectivity index (χ1) is 11.6. The van der Waals surface area contributed by atoms with Crippen LogP contribution in [0.3, 0.4) is 0 Å². The zero-order valence-electron chi connectivity index (χ0n) is 15.6. The smallest absolute Gasteiger partial charge is 0.0175 e. The lowest BCUT2D eigenvalue weighted by Crippen LogP contribution is -1.87. The Morgan fingerprint density at radius 1 is 0.917 bits per heavy atom. The molecule has 2 rings (SSSR count). The monoisotopic (exact) mass is 318 g/mol. The number of rotatable bonds is 4. The van der Waals surface area contributed by atoms with Gasteiger partial charge >= 0.3 is 0 Å². The maximum atomic E-state index is 3.95. The van der Waals surface area contributed by atoms with Crippen molar-refractivity contribution in [2.75, 3.05) is 0 Å². The van der Waals surface area contributed by atoms with Crippen LogP contribution in [0.2, 0.25) is 0 Å². The maximum absolute atomic E-state index is 3.95.